The lowest BCUT2D eigenvalue weighted by atomic mass is 9.86. The SMILES string of the molecule is CC1(C)C(=O)Nc2cc3nc(-c4n[nH]c5ccc(C(=O)Nc6ccccc6)cc45)[nH]c3cc21. The number of aromatic nitrogens is 4. The Kier molecular flexibility index (Phi) is 3.95. The van der Waals surface area contributed by atoms with Gasteiger partial charge in [-0.2, -0.15) is 5.10 Å². The van der Waals surface area contributed by atoms with Gasteiger partial charge in [0.05, 0.1) is 22.0 Å². The van der Waals surface area contributed by atoms with Gasteiger partial charge in [0.2, 0.25) is 5.91 Å². The third kappa shape index (κ3) is 2.99. The second-order valence-electron chi connectivity index (χ2n) is 8.73. The summed E-state index contributed by atoms with van der Waals surface area (Å²) in [5.41, 5.74) is 5.35. The molecule has 3 aromatic carbocycles. The lowest BCUT2D eigenvalue weighted by Crippen LogP contribution is -2.26. The van der Waals surface area contributed by atoms with Crippen molar-refractivity contribution in [3.05, 3.63) is 71.8 Å². The topological polar surface area (TPSA) is 116 Å². The van der Waals surface area contributed by atoms with Gasteiger partial charge in [-0.25, -0.2) is 4.98 Å². The monoisotopic (exact) mass is 436 g/mol. The van der Waals surface area contributed by atoms with Crippen LogP contribution in [0.4, 0.5) is 11.4 Å². The Morgan fingerprint density at radius 3 is 2.64 bits per heavy atom. The number of benzene rings is 3. The fourth-order valence-corrected chi connectivity index (χ4v) is 4.25. The molecule has 2 amide bonds. The van der Waals surface area contributed by atoms with E-state index in [1.165, 1.54) is 0 Å². The first kappa shape index (κ1) is 19.2. The molecule has 6 rings (SSSR count). The number of rotatable bonds is 3. The van der Waals surface area contributed by atoms with E-state index in [1.54, 1.807) is 6.07 Å². The Morgan fingerprint density at radius 1 is 1.00 bits per heavy atom. The van der Waals surface area contributed by atoms with Crippen LogP contribution in [0.1, 0.15) is 29.8 Å². The molecule has 1 aliphatic heterocycles. The zero-order valence-electron chi connectivity index (χ0n) is 18.0. The molecule has 0 spiro atoms. The Balaban J connectivity index is 1.40. The first-order valence-corrected chi connectivity index (χ1v) is 10.6. The fraction of sp³-hybridized carbons (Fsp3) is 0.120. The molecule has 0 radical (unpaired) electrons. The van der Waals surface area contributed by atoms with Crippen LogP contribution in [0, 0.1) is 0 Å². The van der Waals surface area contributed by atoms with Gasteiger partial charge >= 0.3 is 0 Å². The number of para-hydroxylation sites is 1. The molecule has 2 aromatic heterocycles. The summed E-state index contributed by atoms with van der Waals surface area (Å²) < 4.78 is 0. The van der Waals surface area contributed by atoms with Gasteiger partial charge in [-0.3, -0.25) is 14.7 Å². The summed E-state index contributed by atoms with van der Waals surface area (Å²) in [6.07, 6.45) is 0. The van der Waals surface area contributed by atoms with Crippen molar-refractivity contribution in [3.63, 3.8) is 0 Å². The van der Waals surface area contributed by atoms with Crippen LogP contribution in [0.5, 0.6) is 0 Å². The number of imidazole rings is 1. The molecule has 5 aromatic rings. The van der Waals surface area contributed by atoms with Crippen molar-refractivity contribution in [1.82, 2.24) is 20.2 Å². The van der Waals surface area contributed by atoms with Crippen LogP contribution in [-0.2, 0) is 10.2 Å². The van der Waals surface area contributed by atoms with E-state index in [2.05, 4.69) is 25.8 Å². The summed E-state index contributed by atoms with van der Waals surface area (Å²) in [5, 5.41) is 14.1. The number of H-pyrrole nitrogens is 2. The highest BCUT2D eigenvalue weighted by Crippen LogP contribution is 2.40. The van der Waals surface area contributed by atoms with Crippen molar-refractivity contribution >= 4 is 45.1 Å². The Bertz CT molecular complexity index is 1580. The molecule has 33 heavy (non-hydrogen) atoms. The molecule has 0 aliphatic carbocycles. The van der Waals surface area contributed by atoms with Crippen molar-refractivity contribution in [1.29, 1.82) is 0 Å². The molecule has 0 bridgehead atoms. The maximum absolute atomic E-state index is 12.8. The van der Waals surface area contributed by atoms with E-state index < -0.39 is 5.41 Å². The van der Waals surface area contributed by atoms with Crippen molar-refractivity contribution < 1.29 is 9.59 Å². The third-order valence-corrected chi connectivity index (χ3v) is 6.19. The third-order valence-electron chi connectivity index (χ3n) is 6.19. The summed E-state index contributed by atoms with van der Waals surface area (Å²) in [5.74, 6) is 0.365. The van der Waals surface area contributed by atoms with Gasteiger partial charge in [0.25, 0.3) is 5.91 Å². The van der Waals surface area contributed by atoms with E-state index >= 15 is 0 Å². The minimum absolute atomic E-state index is 0.0232. The highest BCUT2D eigenvalue weighted by atomic mass is 16.2. The molecule has 8 nitrogen and oxygen atoms in total. The Morgan fingerprint density at radius 2 is 1.82 bits per heavy atom. The predicted octanol–water partition coefficient (Wildman–Crippen LogP) is 4.59. The van der Waals surface area contributed by atoms with Crippen molar-refractivity contribution in [3.8, 4) is 11.5 Å². The van der Waals surface area contributed by atoms with Crippen LogP contribution in [0.25, 0.3) is 33.5 Å². The lowest BCUT2D eigenvalue weighted by molar-refractivity contribution is -0.119. The molecule has 0 unspecified atom stereocenters. The number of hydrogen-bond donors (Lipinski definition) is 4. The number of carbonyl (C=O) groups is 2. The van der Waals surface area contributed by atoms with Crippen LogP contribution in [0.15, 0.2) is 60.7 Å². The summed E-state index contributed by atoms with van der Waals surface area (Å²) in [7, 11) is 0. The second kappa shape index (κ2) is 6.77. The normalized spacial score (nSPS) is 14.4. The molecular formula is C25H20N6O2. The van der Waals surface area contributed by atoms with Gasteiger partial charge in [0.15, 0.2) is 5.82 Å². The largest absolute Gasteiger partial charge is 0.337 e. The van der Waals surface area contributed by atoms with E-state index in [0.29, 0.717) is 17.1 Å². The quantitative estimate of drug-likeness (QED) is 0.331. The lowest BCUT2D eigenvalue weighted by Gasteiger charge is -2.14. The van der Waals surface area contributed by atoms with Gasteiger partial charge in [-0.15, -0.1) is 0 Å². The zero-order valence-corrected chi connectivity index (χ0v) is 18.0. The number of carbonyl (C=O) groups excluding carboxylic acids is 2. The minimum atomic E-state index is -0.602. The summed E-state index contributed by atoms with van der Waals surface area (Å²) in [6, 6.07) is 18.6. The number of hydrogen-bond acceptors (Lipinski definition) is 4. The molecule has 4 N–H and O–H groups in total. The van der Waals surface area contributed by atoms with Gasteiger partial charge in [0.1, 0.15) is 5.69 Å². The van der Waals surface area contributed by atoms with Crippen LogP contribution >= 0.6 is 0 Å². The number of anilines is 2. The van der Waals surface area contributed by atoms with Crippen LogP contribution in [0.3, 0.4) is 0 Å². The number of nitrogens with one attached hydrogen (secondary N) is 4. The zero-order chi connectivity index (χ0) is 22.7. The second-order valence-corrected chi connectivity index (χ2v) is 8.73. The van der Waals surface area contributed by atoms with E-state index in [-0.39, 0.29) is 11.8 Å². The van der Waals surface area contributed by atoms with Gasteiger partial charge in [0, 0.05) is 22.3 Å². The highest BCUT2D eigenvalue weighted by molar-refractivity contribution is 6.09. The van der Waals surface area contributed by atoms with Gasteiger partial charge in [-0.1, -0.05) is 18.2 Å². The Hall–Kier alpha value is -4.46. The fourth-order valence-electron chi connectivity index (χ4n) is 4.25. The molecule has 0 atom stereocenters. The average molecular weight is 436 g/mol. The maximum atomic E-state index is 12.8. The highest BCUT2D eigenvalue weighted by Gasteiger charge is 2.38. The number of aromatic amines is 2. The van der Waals surface area contributed by atoms with E-state index in [0.717, 1.165) is 38.9 Å². The van der Waals surface area contributed by atoms with Crippen molar-refractivity contribution in [2.24, 2.45) is 0 Å². The average Bonchev–Trinajstić information content (AvgIpc) is 3.47. The molecule has 0 fully saturated rings. The molecule has 0 saturated heterocycles. The molecular weight excluding hydrogens is 416 g/mol. The molecule has 162 valence electrons. The van der Waals surface area contributed by atoms with Gasteiger partial charge in [-0.05, 0) is 61.9 Å². The maximum Gasteiger partial charge on any atom is 0.255 e. The van der Waals surface area contributed by atoms with Crippen molar-refractivity contribution in [2.75, 3.05) is 10.6 Å². The smallest absolute Gasteiger partial charge is 0.255 e. The standard InChI is InChI=1S/C25H20N6O2/c1-25(2)16-11-19-20(12-18(16)29-24(25)33)28-22(27-19)21-15-10-13(8-9-17(15)30-31-21)23(32)26-14-6-4-3-5-7-14/h3-12H,1-2H3,(H,26,32)(H,27,28)(H,29,33)(H,30,31). The molecule has 3 heterocycles. The van der Waals surface area contributed by atoms with E-state index in [9.17, 15) is 9.59 Å². The van der Waals surface area contributed by atoms with Crippen LogP contribution in [-0.4, -0.2) is 32.0 Å². The summed E-state index contributed by atoms with van der Waals surface area (Å²) >= 11 is 0. The number of nitrogens with zero attached hydrogens (tertiary/aromatic N) is 2. The van der Waals surface area contributed by atoms with Gasteiger partial charge < -0.3 is 15.6 Å². The first-order chi connectivity index (χ1) is 15.9. The summed E-state index contributed by atoms with van der Waals surface area (Å²) in [6.45, 7) is 3.81. The van der Waals surface area contributed by atoms with Crippen LogP contribution < -0.4 is 10.6 Å². The van der Waals surface area contributed by atoms with Crippen LogP contribution in [0.2, 0.25) is 0 Å². The van der Waals surface area contributed by atoms with E-state index in [4.69, 9.17) is 4.98 Å². The van der Waals surface area contributed by atoms with E-state index in [1.807, 2.05) is 68.4 Å². The molecule has 0 saturated carbocycles. The molecule has 8 heteroatoms. The Labute approximate surface area is 188 Å². The first-order valence-electron chi connectivity index (χ1n) is 10.6. The predicted molar refractivity (Wildman–Crippen MR) is 127 cm³/mol. The van der Waals surface area contributed by atoms with Crippen molar-refractivity contribution in [2.45, 2.75) is 19.3 Å². The number of amides is 2. The minimum Gasteiger partial charge on any atom is -0.337 e. The summed E-state index contributed by atoms with van der Waals surface area (Å²) in [4.78, 5) is 33.1. The number of fused-ring (bicyclic) bond motifs is 3. The molecule has 1 aliphatic rings.